The average Bonchev–Trinajstić information content (AvgIpc) is 2.96. The molecule has 0 unspecified atom stereocenters. The van der Waals surface area contributed by atoms with E-state index in [2.05, 4.69) is 19.7 Å². The van der Waals surface area contributed by atoms with Crippen molar-refractivity contribution in [2.75, 3.05) is 7.11 Å². The van der Waals surface area contributed by atoms with Gasteiger partial charge in [0.05, 0.1) is 28.6 Å². The molecular formula is C15H11N3O3S. The number of carbonyl (C=O) groups excluding carboxylic acids is 1. The second kappa shape index (κ2) is 5.98. The predicted molar refractivity (Wildman–Crippen MR) is 79.7 cm³/mol. The van der Waals surface area contributed by atoms with Crippen molar-refractivity contribution >= 4 is 22.9 Å². The van der Waals surface area contributed by atoms with Crippen LogP contribution in [-0.2, 0) is 15.5 Å². The fourth-order valence-electron chi connectivity index (χ4n) is 1.90. The average molecular weight is 313 g/mol. The van der Waals surface area contributed by atoms with Gasteiger partial charge in [-0.1, -0.05) is 18.2 Å². The van der Waals surface area contributed by atoms with Gasteiger partial charge in [-0.25, -0.2) is 19.0 Å². The molecule has 1 heterocycles. The zero-order valence-corrected chi connectivity index (χ0v) is 12.4. The second-order valence-corrected chi connectivity index (χ2v) is 5.82. The van der Waals surface area contributed by atoms with Crippen molar-refractivity contribution in [2.45, 2.75) is 9.79 Å². The summed E-state index contributed by atoms with van der Waals surface area (Å²) in [5.74, 6) is 0.0319. The van der Waals surface area contributed by atoms with E-state index in [1.807, 2.05) is 18.2 Å². The van der Waals surface area contributed by atoms with Crippen LogP contribution in [0, 0.1) is 0 Å². The second-order valence-electron chi connectivity index (χ2n) is 4.34. The van der Waals surface area contributed by atoms with E-state index in [0.29, 0.717) is 20.5 Å². The summed E-state index contributed by atoms with van der Waals surface area (Å²) in [4.78, 5) is 24.2. The molecule has 3 rings (SSSR count). The molecule has 1 aliphatic heterocycles. The lowest BCUT2D eigenvalue weighted by molar-refractivity contribution is 0.182. The third kappa shape index (κ3) is 2.84. The van der Waals surface area contributed by atoms with Gasteiger partial charge in [0.1, 0.15) is 0 Å². The topological polar surface area (TPSA) is 80.5 Å². The molecule has 2 aromatic carbocycles. The smallest absolute Gasteiger partial charge is 0.436 e. The van der Waals surface area contributed by atoms with Crippen molar-refractivity contribution in [1.29, 1.82) is 0 Å². The van der Waals surface area contributed by atoms with E-state index in [-0.39, 0.29) is 5.96 Å². The summed E-state index contributed by atoms with van der Waals surface area (Å²) >= 11 is 0. The third-order valence-electron chi connectivity index (χ3n) is 2.93. The SMILES string of the molecule is COC(=O)N=C1N=c2ccc([S@](=O)c3ccccc3)cc2=N1. The number of guanidine groups is 1. The number of ether oxygens (including phenoxy) is 1. The Morgan fingerprint density at radius 3 is 2.50 bits per heavy atom. The monoisotopic (exact) mass is 313 g/mol. The molecule has 0 fully saturated rings. The molecule has 1 atom stereocenters. The van der Waals surface area contributed by atoms with Crippen molar-refractivity contribution in [3.63, 3.8) is 0 Å². The van der Waals surface area contributed by atoms with Gasteiger partial charge in [-0.15, -0.1) is 4.99 Å². The maximum atomic E-state index is 12.5. The first-order valence-corrected chi connectivity index (χ1v) is 7.53. The van der Waals surface area contributed by atoms with Crippen LogP contribution in [0.2, 0.25) is 0 Å². The highest BCUT2D eigenvalue weighted by Gasteiger charge is 2.11. The van der Waals surface area contributed by atoms with Gasteiger partial charge in [0, 0.05) is 9.79 Å². The lowest BCUT2D eigenvalue weighted by atomic mass is 10.3. The maximum absolute atomic E-state index is 12.5. The van der Waals surface area contributed by atoms with Crippen molar-refractivity contribution < 1.29 is 13.7 Å². The van der Waals surface area contributed by atoms with Gasteiger partial charge in [-0.2, -0.15) is 0 Å². The number of rotatable bonds is 2. The zero-order chi connectivity index (χ0) is 15.5. The molecule has 22 heavy (non-hydrogen) atoms. The van der Waals surface area contributed by atoms with Crippen molar-refractivity contribution in [3.8, 4) is 0 Å². The Morgan fingerprint density at radius 1 is 1.05 bits per heavy atom. The Morgan fingerprint density at radius 2 is 1.77 bits per heavy atom. The Hall–Kier alpha value is -2.67. The molecule has 1 amide bonds. The molecule has 7 heteroatoms. The van der Waals surface area contributed by atoms with Crippen molar-refractivity contribution in [2.24, 2.45) is 15.0 Å². The summed E-state index contributed by atoms with van der Waals surface area (Å²) in [5.41, 5.74) is 0. The number of methoxy groups -OCH3 is 1. The van der Waals surface area contributed by atoms with Gasteiger partial charge in [-0.3, -0.25) is 0 Å². The number of benzene rings is 2. The number of hydrogen-bond donors (Lipinski definition) is 0. The summed E-state index contributed by atoms with van der Waals surface area (Å²) in [6.07, 6.45) is -0.761. The van der Waals surface area contributed by atoms with Gasteiger partial charge in [0.25, 0.3) is 5.96 Å². The number of fused-ring (bicyclic) bond motifs is 1. The lowest BCUT2D eigenvalue weighted by Crippen LogP contribution is -2.21. The van der Waals surface area contributed by atoms with E-state index in [4.69, 9.17) is 0 Å². The van der Waals surface area contributed by atoms with Crippen LogP contribution in [0.4, 0.5) is 4.79 Å². The summed E-state index contributed by atoms with van der Waals surface area (Å²) in [6.45, 7) is 0. The molecule has 0 bridgehead atoms. The van der Waals surface area contributed by atoms with Crippen LogP contribution in [0.5, 0.6) is 0 Å². The molecule has 1 aliphatic rings. The quantitative estimate of drug-likeness (QED) is 0.836. The van der Waals surface area contributed by atoms with Gasteiger partial charge in [-0.05, 0) is 30.3 Å². The minimum absolute atomic E-state index is 0.0319. The summed E-state index contributed by atoms with van der Waals surface area (Å²) in [6, 6.07) is 14.2. The minimum atomic E-state index is -1.30. The highest BCUT2D eigenvalue weighted by atomic mass is 32.2. The summed E-state index contributed by atoms with van der Waals surface area (Å²) in [5, 5.41) is 1.11. The van der Waals surface area contributed by atoms with E-state index >= 15 is 0 Å². The Balaban J connectivity index is 1.99. The normalized spacial score (nSPS) is 15.6. The molecule has 0 radical (unpaired) electrons. The predicted octanol–water partition coefficient (Wildman–Crippen LogP) is 1.23. The van der Waals surface area contributed by atoms with E-state index in [1.54, 1.807) is 30.3 Å². The van der Waals surface area contributed by atoms with Crippen LogP contribution < -0.4 is 10.7 Å². The number of carbonyl (C=O) groups is 1. The fourth-order valence-corrected chi connectivity index (χ4v) is 2.99. The summed E-state index contributed by atoms with van der Waals surface area (Å²) in [7, 11) is -0.0642. The van der Waals surface area contributed by atoms with Crippen LogP contribution in [0.1, 0.15) is 0 Å². The Bertz CT molecular complexity index is 907. The molecule has 110 valence electrons. The molecule has 0 saturated heterocycles. The number of amides is 1. The van der Waals surface area contributed by atoms with E-state index in [0.717, 1.165) is 0 Å². The van der Waals surface area contributed by atoms with E-state index in [1.165, 1.54) is 7.11 Å². The molecule has 6 nitrogen and oxygen atoms in total. The number of hydrogen-bond acceptors (Lipinski definition) is 3. The third-order valence-corrected chi connectivity index (χ3v) is 4.31. The first-order valence-electron chi connectivity index (χ1n) is 6.38. The van der Waals surface area contributed by atoms with Crippen LogP contribution in [0.3, 0.4) is 0 Å². The molecule has 0 N–H and O–H groups in total. The molecule has 0 aliphatic carbocycles. The Labute approximate surface area is 128 Å². The molecular weight excluding hydrogens is 302 g/mol. The van der Waals surface area contributed by atoms with Gasteiger partial charge in [0.2, 0.25) is 0 Å². The van der Waals surface area contributed by atoms with Gasteiger partial charge >= 0.3 is 6.09 Å². The highest BCUT2D eigenvalue weighted by Crippen LogP contribution is 2.13. The van der Waals surface area contributed by atoms with Crippen molar-refractivity contribution in [3.05, 3.63) is 59.2 Å². The Kier molecular flexibility index (Phi) is 3.88. The molecule has 0 saturated carbocycles. The van der Waals surface area contributed by atoms with Crippen LogP contribution in [0.25, 0.3) is 0 Å². The maximum Gasteiger partial charge on any atom is 0.436 e. The van der Waals surface area contributed by atoms with Crippen LogP contribution >= 0.6 is 0 Å². The van der Waals surface area contributed by atoms with Gasteiger partial charge < -0.3 is 4.74 Å². The number of nitrogens with zero attached hydrogens (tertiary/aromatic N) is 3. The first kappa shape index (κ1) is 14.3. The fraction of sp³-hybridized carbons (Fsp3) is 0.0667. The van der Waals surface area contributed by atoms with Crippen LogP contribution in [-0.4, -0.2) is 23.4 Å². The van der Waals surface area contributed by atoms with Crippen LogP contribution in [0.15, 0.2) is 73.3 Å². The highest BCUT2D eigenvalue weighted by molar-refractivity contribution is 7.85. The minimum Gasteiger partial charge on any atom is -0.451 e. The standard InChI is InChI=1S/C15H11N3O3S/c1-21-15(19)18-14-16-12-8-7-11(9-13(12)17-14)22(20)10-5-3-2-4-6-10/h2-9H,1H3/t22-/m1/s1. The largest absolute Gasteiger partial charge is 0.451 e. The summed E-state index contributed by atoms with van der Waals surface area (Å²) < 4.78 is 16.9. The lowest BCUT2D eigenvalue weighted by Gasteiger charge is -2.00. The van der Waals surface area contributed by atoms with Crippen molar-refractivity contribution in [1.82, 2.24) is 0 Å². The van der Waals surface area contributed by atoms with E-state index < -0.39 is 16.9 Å². The van der Waals surface area contributed by atoms with Gasteiger partial charge in [0.15, 0.2) is 0 Å². The first-order chi connectivity index (χ1) is 10.7. The molecule has 2 aromatic rings. The number of aliphatic imine (C=N–C) groups is 1. The van der Waals surface area contributed by atoms with E-state index in [9.17, 15) is 9.00 Å². The molecule has 0 spiro atoms. The zero-order valence-electron chi connectivity index (χ0n) is 11.6. The molecule has 0 aromatic heterocycles.